The largest absolute Gasteiger partial charge is 0.465 e. The number of nitrogens with one attached hydrogen (secondary N) is 5. The lowest BCUT2D eigenvalue weighted by Gasteiger charge is -2.33. The van der Waals surface area contributed by atoms with Gasteiger partial charge in [-0.3, -0.25) is 20.0 Å². The number of ether oxygens (including phenoxy) is 2. The summed E-state index contributed by atoms with van der Waals surface area (Å²) in [6, 6.07) is 8.54. The van der Waals surface area contributed by atoms with Gasteiger partial charge in [0, 0.05) is 69.4 Å². The molecule has 1 unspecified atom stereocenters. The number of pyridine rings is 1. The van der Waals surface area contributed by atoms with E-state index >= 15 is 0 Å². The number of carbonyl (C=O) groups excluding carboxylic acids is 3. The Morgan fingerprint density at radius 2 is 1.73 bits per heavy atom. The molecule has 14 nitrogen and oxygen atoms in total. The molecule has 0 aliphatic heterocycles. The Labute approximate surface area is 258 Å². The van der Waals surface area contributed by atoms with E-state index in [4.69, 9.17) is 14.6 Å². The molecule has 0 fully saturated rings. The molecule has 1 heterocycles. The maximum absolute atomic E-state index is 13.0. The maximum Gasteiger partial charge on any atom is 0.405 e. The van der Waals surface area contributed by atoms with Crippen LogP contribution in [0.5, 0.6) is 0 Å². The number of para-hydroxylation sites is 1. The predicted molar refractivity (Wildman–Crippen MR) is 166 cm³/mol. The second-order valence-corrected chi connectivity index (χ2v) is 10.3. The van der Waals surface area contributed by atoms with Crippen LogP contribution in [0.2, 0.25) is 0 Å². The van der Waals surface area contributed by atoms with Gasteiger partial charge in [0.1, 0.15) is 0 Å². The summed E-state index contributed by atoms with van der Waals surface area (Å²) in [6.07, 6.45) is 0.220. The number of rotatable bonds is 20. The summed E-state index contributed by atoms with van der Waals surface area (Å²) in [5, 5.41) is 22.4. The number of amides is 4. The quantitative estimate of drug-likeness (QED) is 0.0951. The summed E-state index contributed by atoms with van der Waals surface area (Å²) >= 11 is 0. The molecule has 244 valence electrons. The van der Waals surface area contributed by atoms with Crippen LogP contribution >= 0.6 is 0 Å². The van der Waals surface area contributed by atoms with Gasteiger partial charge >= 0.3 is 12.1 Å². The van der Waals surface area contributed by atoms with E-state index in [1.165, 1.54) is 5.01 Å². The number of benzene rings is 1. The molecule has 6 N–H and O–H groups in total. The number of carboxylic acid groups (broad SMARTS) is 1. The molecule has 0 saturated carbocycles. The zero-order chi connectivity index (χ0) is 32.5. The van der Waals surface area contributed by atoms with Crippen LogP contribution in [0.1, 0.15) is 52.1 Å². The highest BCUT2D eigenvalue weighted by molar-refractivity contribution is 5.84. The van der Waals surface area contributed by atoms with Gasteiger partial charge in [0.15, 0.2) is 12.1 Å². The fraction of sp³-hybridized carbons (Fsp3) is 0.567. The number of Topliss-reactive ketones (excluding diaryl/α,β-unsaturated/α-hetero) is 1. The number of hydrogen-bond donors (Lipinski definition) is 6. The first-order valence-corrected chi connectivity index (χ1v) is 14.9. The van der Waals surface area contributed by atoms with E-state index in [1.54, 1.807) is 20.2 Å². The van der Waals surface area contributed by atoms with Crippen molar-refractivity contribution < 1.29 is 33.8 Å². The van der Waals surface area contributed by atoms with Gasteiger partial charge in [0.25, 0.3) is 0 Å². The molecule has 0 saturated heterocycles. The number of fused-ring (bicyclic) bond motifs is 1. The second-order valence-electron chi connectivity index (χ2n) is 10.3. The van der Waals surface area contributed by atoms with Crippen LogP contribution in [0.4, 0.5) is 9.59 Å². The van der Waals surface area contributed by atoms with Crippen molar-refractivity contribution in [3.8, 4) is 0 Å². The number of likely N-dealkylation sites (N-methyl/N-ethyl adjacent to an activating group) is 1. The minimum atomic E-state index is -1.29. The molecule has 2 aromatic rings. The molecule has 0 aliphatic carbocycles. The number of nitrogens with zero attached hydrogens (tertiary/aromatic N) is 2. The van der Waals surface area contributed by atoms with Gasteiger partial charge < -0.3 is 35.8 Å². The fourth-order valence-electron chi connectivity index (χ4n) is 4.79. The van der Waals surface area contributed by atoms with E-state index in [0.29, 0.717) is 19.8 Å². The first kappa shape index (κ1) is 36.3. The lowest BCUT2D eigenvalue weighted by molar-refractivity contribution is -0.169. The van der Waals surface area contributed by atoms with Crippen LogP contribution in [-0.2, 0) is 19.1 Å². The van der Waals surface area contributed by atoms with E-state index < -0.39 is 24.5 Å². The summed E-state index contributed by atoms with van der Waals surface area (Å²) in [6.45, 7) is 8.76. The molecule has 0 spiro atoms. The molecule has 4 amide bonds. The minimum Gasteiger partial charge on any atom is -0.465 e. The third kappa shape index (κ3) is 12.4. The molecule has 3 atom stereocenters. The Morgan fingerprint density at radius 1 is 1.02 bits per heavy atom. The number of hydrazine groups is 1. The van der Waals surface area contributed by atoms with Crippen molar-refractivity contribution in [1.29, 1.82) is 0 Å². The van der Waals surface area contributed by atoms with Gasteiger partial charge in [-0.1, -0.05) is 31.2 Å². The lowest BCUT2D eigenvalue weighted by Crippen LogP contribution is -2.51. The van der Waals surface area contributed by atoms with E-state index in [0.717, 1.165) is 16.5 Å². The third-order valence-electron chi connectivity index (χ3n) is 6.78. The molecule has 2 rings (SSSR count). The van der Waals surface area contributed by atoms with Gasteiger partial charge in [-0.15, -0.1) is 0 Å². The third-order valence-corrected chi connectivity index (χ3v) is 6.78. The standard InChI is InChI=1S/C30H47N7O7/c1-6-31-29(40)36-37(5)19-25(39)35-22(14-15-23(38)18-34-30(41)42)17-33-26(20(4)28(43-7-2)44-8-3)24-13-9-11-21-12-10-16-32-27(21)24/h9-13,16,20,22,26,28,33-34H,6-8,14-15,17-19H2,1-5H3,(H,35,39)(H,41,42)(H2,31,36,40)/t20-,22-,26?/m0/s1. The molecule has 14 heteroatoms. The van der Waals surface area contributed by atoms with Crippen LogP contribution in [0, 0.1) is 5.92 Å². The van der Waals surface area contributed by atoms with Crippen LogP contribution in [-0.4, -0.2) is 97.7 Å². The molecule has 0 aliphatic rings. The highest BCUT2D eigenvalue weighted by atomic mass is 16.7. The predicted octanol–water partition coefficient (Wildman–Crippen LogP) is 2.17. The average molecular weight is 618 g/mol. The maximum atomic E-state index is 13.0. The topological polar surface area (TPSA) is 183 Å². The van der Waals surface area contributed by atoms with Gasteiger partial charge in [0.2, 0.25) is 5.91 Å². The van der Waals surface area contributed by atoms with Crippen LogP contribution < -0.4 is 26.7 Å². The molecule has 0 bridgehead atoms. The van der Waals surface area contributed by atoms with Crippen molar-refractivity contribution >= 4 is 34.7 Å². The Kier molecular flexibility index (Phi) is 16.1. The van der Waals surface area contributed by atoms with E-state index in [-0.39, 0.29) is 56.1 Å². The second kappa shape index (κ2) is 19.4. The zero-order valence-electron chi connectivity index (χ0n) is 26.2. The molecular formula is C30H47N7O7. The van der Waals surface area contributed by atoms with Crippen molar-refractivity contribution in [3.05, 3.63) is 42.1 Å². The molecule has 0 radical (unpaired) electrons. The molecule has 44 heavy (non-hydrogen) atoms. The average Bonchev–Trinajstić information content (AvgIpc) is 2.98. The number of urea groups is 1. The van der Waals surface area contributed by atoms with Crippen LogP contribution in [0.15, 0.2) is 36.5 Å². The highest BCUT2D eigenvalue weighted by Crippen LogP contribution is 2.31. The number of aromatic nitrogens is 1. The van der Waals surface area contributed by atoms with E-state index in [1.807, 2.05) is 51.1 Å². The van der Waals surface area contributed by atoms with Gasteiger partial charge in [-0.25, -0.2) is 14.6 Å². The van der Waals surface area contributed by atoms with Gasteiger partial charge in [-0.2, -0.15) is 0 Å². The van der Waals surface area contributed by atoms with Gasteiger partial charge in [0.05, 0.1) is 18.6 Å². The zero-order valence-corrected chi connectivity index (χ0v) is 26.2. The number of ketones is 1. The smallest absolute Gasteiger partial charge is 0.405 e. The molecular weight excluding hydrogens is 570 g/mol. The van der Waals surface area contributed by atoms with E-state index in [2.05, 4.69) is 31.7 Å². The Bertz CT molecular complexity index is 1200. The van der Waals surface area contributed by atoms with Crippen molar-refractivity contribution in [3.63, 3.8) is 0 Å². The first-order valence-electron chi connectivity index (χ1n) is 14.9. The fourth-order valence-corrected chi connectivity index (χ4v) is 4.79. The van der Waals surface area contributed by atoms with Crippen LogP contribution in [0.25, 0.3) is 10.9 Å². The highest BCUT2D eigenvalue weighted by Gasteiger charge is 2.30. The SMILES string of the molecule is CCNC(=O)NN(C)CC(=O)N[C@@H](CCC(=O)CNC(=O)O)CNC(c1cccc2cccnc12)[C@H](C)C(OCC)OCC. The summed E-state index contributed by atoms with van der Waals surface area (Å²) in [5.74, 6) is -0.865. The normalized spacial score (nSPS) is 13.3. The summed E-state index contributed by atoms with van der Waals surface area (Å²) in [4.78, 5) is 52.7. The summed E-state index contributed by atoms with van der Waals surface area (Å²) in [5.41, 5.74) is 4.30. The Hall–Kier alpha value is -3.85. The van der Waals surface area contributed by atoms with E-state index in [9.17, 15) is 19.2 Å². The van der Waals surface area contributed by atoms with Crippen LogP contribution in [0.3, 0.4) is 0 Å². The lowest BCUT2D eigenvalue weighted by atomic mass is 9.91. The van der Waals surface area contributed by atoms with Crippen molar-refractivity contribution in [1.82, 2.24) is 36.7 Å². The first-order chi connectivity index (χ1) is 21.1. The molecule has 1 aromatic carbocycles. The van der Waals surface area contributed by atoms with Crippen molar-refractivity contribution in [2.45, 2.75) is 58.9 Å². The van der Waals surface area contributed by atoms with Crippen molar-refractivity contribution in [2.24, 2.45) is 5.92 Å². The number of carbonyl (C=O) groups is 4. The Balaban J connectivity index is 2.30. The summed E-state index contributed by atoms with van der Waals surface area (Å²) < 4.78 is 11.9. The number of hydrogen-bond acceptors (Lipinski definition) is 9. The monoisotopic (exact) mass is 617 g/mol. The van der Waals surface area contributed by atoms with Gasteiger partial charge in [-0.05, 0) is 38.8 Å². The molecule has 1 aromatic heterocycles. The minimum absolute atomic E-state index is 0.0382. The Morgan fingerprint density at radius 3 is 2.39 bits per heavy atom. The summed E-state index contributed by atoms with van der Waals surface area (Å²) in [7, 11) is 1.57. The van der Waals surface area contributed by atoms with Crippen molar-refractivity contribution in [2.75, 3.05) is 46.4 Å².